The van der Waals surface area contributed by atoms with Crippen LogP contribution in [0, 0.1) is 0 Å². The third-order valence-corrected chi connectivity index (χ3v) is 6.01. The second kappa shape index (κ2) is 11.5. The number of carbonyl (C=O) groups is 1. The molecule has 1 N–H and O–H groups in total. The zero-order chi connectivity index (χ0) is 22.9. The van der Waals surface area contributed by atoms with Crippen LogP contribution in [0.3, 0.4) is 0 Å². The van der Waals surface area contributed by atoms with Crippen LogP contribution in [-0.2, 0) is 6.61 Å². The van der Waals surface area contributed by atoms with Crippen LogP contribution in [0.4, 0.5) is 0 Å². The number of benzene rings is 2. The molecule has 0 bridgehead atoms. The molecule has 1 aliphatic rings. The highest BCUT2D eigenvalue weighted by molar-refractivity contribution is 5.94. The van der Waals surface area contributed by atoms with Gasteiger partial charge in [-0.2, -0.15) is 0 Å². The van der Waals surface area contributed by atoms with Crippen LogP contribution in [0.5, 0.6) is 11.5 Å². The number of ether oxygens (including phenoxy) is 2. The van der Waals surface area contributed by atoms with E-state index in [1.807, 2.05) is 42.5 Å². The number of hydrogen-bond donors (Lipinski definition) is 1. The number of methoxy groups -OCH3 is 1. The average Bonchev–Trinajstić information content (AvgIpc) is 2.89. The summed E-state index contributed by atoms with van der Waals surface area (Å²) >= 11 is 0. The molecule has 33 heavy (non-hydrogen) atoms. The molecule has 6 heteroatoms. The van der Waals surface area contributed by atoms with Gasteiger partial charge in [0.15, 0.2) is 0 Å². The molecule has 2 aromatic carbocycles. The molecule has 1 fully saturated rings. The van der Waals surface area contributed by atoms with E-state index in [2.05, 4.69) is 27.3 Å². The zero-order valence-corrected chi connectivity index (χ0v) is 19.1. The lowest BCUT2D eigenvalue weighted by Crippen LogP contribution is -2.40. The molecule has 4 rings (SSSR count). The number of carbonyl (C=O) groups excluding carboxylic acids is 1. The van der Waals surface area contributed by atoms with Gasteiger partial charge in [-0.05, 0) is 67.9 Å². The minimum atomic E-state index is -0.0997. The summed E-state index contributed by atoms with van der Waals surface area (Å²) in [5, 5.41) is 3.15. The number of aromatic nitrogens is 1. The van der Waals surface area contributed by atoms with Crippen molar-refractivity contribution >= 4 is 5.91 Å². The molecular formula is C27H31N3O3. The molecule has 1 atom stereocenters. The van der Waals surface area contributed by atoms with Crippen molar-refractivity contribution in [3.05, 3.63) is 89.7 Å². The van der Waals surface area contributed by atoms with Crippen molar-refractivity contribution < 1.29 is 14.3 Å². The molecule has 1 saturated heterocycles. The summed E-state index contributed by atoms with van der Waals surface area (Å²) in [7, 11) is 1.67. The summed E-state index contributed by atoms with van der Waals surface area (Å²) in [5.74, 6) is 1.40. The van der Waals surface area contributed by atoms with Gasteiger partial charge in [-0.25, -0.2) is 0 Å². The van der Waals surface area contributed by atoms with Gasteiger partial charge >= 0.3 is 0 Å². The molecule has 0 saturated carbocycles. The molecule has 0 radical (unpaired) electrons. The predicted molar refractivity (Wildman–Crippen MR) is 129 cm³/mol. The molecule has 1 amide bonds. The van der Waals surface area contributed by atoms with E-state index in [1.165, 1.54) is 24.8 Å². The van der Waals surface area contributed by atoms with Crippen LogP contribution in [0.15, 0.2) is 73.1 Å². The maximum absolute atomic E-state index is 13.0. The maximum atomic E-state index is 13.0. The topological polar surface area (TPSA) is 63.7 Å². The monoisotopic (exact) mass is 445 g/mol. The number of amides is 1. The van der Waals surface area contributed by atoms with Crippen LogP contribution in [0.2, 0.25) is 0 Å². The van der Waals surface area contributed by atoms with Gasteiger partial charge in [0.25, 0.3) is 5.91 Å². The molecule has 1 aliphatic heterocycles. The minimum Gasteiger partial charge on any atom is -0.497 e. The number of nitrogens with zero attached hydrogens (tertiary/aromatic N) is 2. The molecule has 3 aromatic rings. The van der Waals surface area contributed by atoms with E-state index >= 15 is 0 Å². The molecule has 1 aromatic heterocycles. The summed E-state index contributed by atoms with van der Waals surface area (Å²) in [6.07, 6.45) is 7.16. The Labute approximate surface area is 195 Å². The van der Waals surface area contributed by atoms with Crippen molar-refractivity contribution in [2.24, 2.45) is 0 Å². The van der Waals surface area contributed by atoms with Crippen LogP contribution in [-0.4, -0.2) is 42.5 Å². The van der Waals surface area contributed by atoms with E-state index in [9.17, 15) is 4.79 Å². The van der Waals surface area contributed by atoms with E-state index in [0.717, 1.165) is 24.4 Å². The van der Waals surface area contributed by atoms with Crippen LogP contribution in [0.25, 0.3) is 0 Å². The summed E-state index contributed by atoms with van der Waals surface area (Å²) in [4.78, 5) is 19.5. The highest BCUT2D eigenvalue weighted by atomic mass is 16.5. The van der Waals surface area contributed by atoms with Gasteiger partial charge in [0.1, 0.15) is 18.1 Å². The predicted octanol–water partition coefficient (Wildman–Crippen LogP) is 4.63. The largest absolute Gasteiger partial charge is 0.497 e. The third-order valence-electron chi connectivity index (χ3n) is 6.01. The van der Waals surface area contributed by atoms with Crippen molar-refractivity contribution in [2.45, 2.75) is 31.9 Å². The van der Waals surface area contributed by atoms with Gasteiger partial charge in [-0.15, -0.1) is 0 Å². The SMILES string of the molecule is COc1ccc([C@@H](CNC(=O)c2cccc(OCc3cccnc3)c2)N2CCCCC2)cc1. The zero-order valence-electron chi connectivity index (χ0n) is 19.1. The highest BCUT2D eigenvalue weighted by Gasteiger charge is 2.23. The number of likely N-dealkylation sites (tertiary alicyclic amines) is 1. The quantitative estimate of drug-likeness (QED) is 0.520. The molecule has 172 valence electrons. The van der Waals surface area contributed by atoms with Crippen molar-refractivity contribution in [2.75, 3.05) is 26.7 Å². The highest BCUT2D eigenvalue weighted by Crippen LogP contribution is 2.26. The second-order valence-electron chi connectivity index (χ2n) is 8.27. The second-order valence-corrected chi connectivity index (χ2v) is 8.27. The van der Waals surface area contributed by atoms with E-state index in [4.69, 9.17) is 9.47 Å². The lowest BCUT2D eigenvalue weighted by atomic mass is 10.0. The Morgan fingerprint density at radius 3 is 2.58 bits per heavy atom. The van der Waals surface area contributed by atoms with E-state index in [0.29, 0.717) is 24.5 Å². The summed E-state index contributed by atoms with van der Waals surface area (Å²) in [6, 6.07) is 19.4. The Balaban J connectivity index is 1.41. The molecule has 0 spiro atoms. The van der Waals surface area contributed by atoms with E-state index < -0.39 is 0 Å². The summed E-state index contributed by atoms with van der Waals surface area (Å²) in [6.45, 7) is 3.05. The van der Waals surface area contributed by atoms with Crippen LogP contribution < -0.4 is 14.8 Å². The third kappa shape index (κ3) is 6.33. The Bertz CT molecular complexity index is 1020. The summed E-state index contributed by atoms with van der Waals surface area (Å²) in [5.41, 5.74) is 2.76. The molecule has 0 aliphatic carbocycles. The van der Waals surface area contributed by atoms with Crippen molar-refractivity contribution in [3.63, 3.8) is 0 Å². The fourth-order valence-electron chi connectivity index (χ4n) is 4.18. The lowest BCUT2D eigenvalue weighted by Gasteiger charge is -2.35. The van der Waals surface area contributed by atoms with Crippen LogP contribution >= 0.6 is 0 Å². The van der Waals surface area contributed by atoms with Gasteiger partial charge < -0.3 is 14.8 Å². The van der Waals surface area contributed by atoms with Gasteiger partial charge in [0, 0.05) is 30.1 Å². The Kier molecular flexibility index (Phi) is 7.93. The average molecular weight is 446 g/mol. The smallest absolute Gasteiger partial charge is 0.251 e. The first-order chi connectivity index (χ1) is 16.2. The van der Waals surface area contributed by atoms with Crippen molar-refractivity contribution in [1.82, 2.24) is 15.2 Å². The first kappa shape index (κ1) is 22.8. The lowest BCUT2D eigenvalue weighted by molar-refractivity contribution is 0.0924. The normalized spacial score (nSPS) is 14.9. The number of pyridine rings is 1. The molecule has 0 unspecified atom stereocenters. The maximum Gasteiger partial charge on any atom is 0.251 e. The number of hydrogen-bond acceptors (Lipinski definition) is 5. The fourth-order valence-corrected chi connectivity index (χ4v) is 4.18. The first-order valence-electron chi connectivity index (χ1n) is 11.5. The van der Waals surface area contributed by atoms with Gasteiger partial charge in [0.2, 0.25) is 0 Å². The minimum absolute atomic E-state index is 0.0997. The van der Waals surface area contributed by atoms with Gasteiger partial charge in [-0.3, -0.25) is 14.7 Å². The van der Waals surface area contributed by atoms with E-state index in [1.54, 1.807) is 25.6 Å². The standard InChI is InChI=1S/C27H31N3O3/c1-32-24-12-10-22(11-13-24)26(30-15-3-2-4-16-30)19-29-27(31)23-8-5-9-25(17-23)33-20-21-7-6-14-28-18-21/h5-14,17-18,26H,2-4,15-16,19-20H2,1H3,(H,29,31)/t26-/m1/s1. The van der Waals surface area contributed by atoms with Gasteiger partial charge in [0.05, 0.1) is 13.2 Å². The number of rotatable bonds is 9. The van der Waals surface area contributed by atoms with Crippen molar-refractivity contribution in [1.29, 1.82) is 0 Å². The van der Waals surface area contributed by atoms with E-state index in [-0.39, 0.29) is 11.9 Å². The van der Waals surface area contributed by atoms with Crippen LogP contribution in [0.1, 0.15) is 46.8 Å². The van der Waals surface area contributed by atoms with Gasteiger partial charge in [-0.1, -0.05) is 30.7 Å². The number of piperidine rings is 1. The first-order valence-corrected chi connectivity index (χ1v) is 11.5. The Morgan fingerprint density at radius 2 is 1.85 bits per heavy atom. The summed E-state index contributed by atoms with van der Waals surface area (Å²) < 4.78 is 11.2. The van der Waals surface area contributed by atoms with Crippen molar-refractivity contribution in [3.8, 4) is 11.5 Å². The fraction of sp³-hybridized carbons (Fsp3) is 0.333. The molecule has 6 nitrogen and oxygen atoms in total. The Morgan fingerprint density at radius 1 is 1.03 bits per heavy atom. The molecular weight excluding hydrogens is 414 g/mol. The number of nitrogens with one attached hydrogen (secondary N) is 1. The Hall–Kier alpha value is -3.38. The molecule has 2 heterocycles.